The van der Waals surface area contributed by atoms with Gasteiger partial charge in [-0.2, -0.15) is 9.61 Å². The molecule has 3 N–H and O–H groups in total. The number of fused-ring (bicyclic) bond motifs is 2. The maximum atomic E-state index is 11.8. The minimum absolute atomic E-state index is 0.104. The van der Waals surface area contributed by atoms with Gasteiger partial charge in [0.05, 0.1) is 17.7 Å². The van der Waals surface area contributed by atoms with Gasteiger partial charge in [-0.1, -0.05) is 0 Å². The van der Waals surface area contributed by atoms with Crippen LogP contribution < -0.4 is 10.6 Å². The SMILES string of the molecule is Nc1c(Br)c(N2CCS(=O)(=O)CC2)nc2c(-c3cnc4[nH]ccc4c3)cnn12. The van der Waals surface area contributed by atoms with Gasteiger partial charge in [0, 0.05) is 42.0 Å². The number of pyridine rings is 1. The van der Waals surface area contributed by atoms with Crippen LogP contribution in [-0.2, 0) is 9.84 Å². The van der Waals surface area contributed by atoms with Crippen LogP contribution in [0.1, 0.15) is 0 Å². The summed E-state index contributed by atoms with van der Waals surface area (Å²) in [5, 5.41) is 5.37. The molecule has 5 heterocycles. The Morgan fingerprint density at radius 1 is 1.21 bits per heavy atom. The van der Waals surface area contributed by atoms with Crippen molar-refractivity contribution in [3.8, 4) is 11.1 Å². The maximum absolute atomic E-state index is 11.8. The summed E-state index contributed by atoms with van der Waals surface area (Å²) in [6.07, 6.45) is 5.32. The van der Waals surface area contributed by atoms with Gasteiger partial charge in [0.1, 0.15) is 21.8 Å². The Bertz CT molecular complexity index is 1310. The van der Waals surface area contributed by atoms with E-state index >= 15 is 0 Å². The lowest BCUT2D eigenvalue weighted by Gasteiger charge is -2.28. The minimum atomic E-state index is -2.99. The topological polar surface area (TPSA) is 122 Å². The number of nitrogens with zero attached hydrogens (tertiary/aromatic N) is 5. The van der Waals surface area contributed by atoms with Crippen LogP contribution in [0.4, 0.5) is 11.6 Å². The third-order valence-corrected chi connectivity index (χ3v) is 7.33. The van der Waals surface area contributed by atoms with Gasteiger partial charge in [-0.3, -0.25) is 0 Å². The number of nitrogens with two attached hydrogens (primary N) is 1. The fourth-order valence-corrected chi connectivity index (χ4v) is 5.12. The fraction of sp³-hybridized carbons (Fsp3) is 0.235. The second-order valence-electron chi connectivity index (χ2n) is 6.71. The van der Waals surface area contributed by atoms with Crippen LogP contribution in [0.15, 0.2) is 35.2 Å². The van der Waals surface area contributed by atoms with Gasteiger partial charge in [0.25, 0.3) is 0 Å². The molecule has 0 saturated carbocycles. The van der Waals surface area contributed by atoms with Gasteiger partial charge >= 0.3 is 0 Å². The highest BCUT2D eigenvalue weighted by molar-refractivity contribution is 9.10. The van der Waals surface area contributed by atoms with E-state index in [1.165, 1.54) is 0 Å². The number of hydrogen-bond acceptors (Lipinski definition) is 7. The molecule has 4 aromatic heterocycles. The van der Waals surface area contributed by atoms with E-state index in [-0.39, 0.29) is 11.5 Å². The van der Waals surface area contributed by atoms with E-state index in [2.05, 4.69) is 31.0 Å². The van der Waals surface area contributed by atoms with Crippen molar-refractivity contribution in [2.24, 2.45) is 0 Å². The van der Waals surface area contributed by atoms with Crippen molar-refractivity contribution >= 4 is 54.1 Å². The third kappa shape index (κ3) is 2.73. The van der Waals surface area contributed by atoms with E-state index in [0.717, 1.165) is 22.2 Å². The smallest absolute Gasteiger partial charge is 0.167 e. The molecule has 0 bridgehead atoms. The van der Waals surface area contributed by atoms with Crippen LogP contribution >= 0.6 is 15.9 Å². The molecule has 1 aliphatic heterocycles. The maximum Gasteiger partial charge on any atom is 0.167 e. The average molecular weight is 462 g/mol. The number of nitrogen functional groups attached to an aromatic ring is 1. The highest BCUT2D eigenvalue weighted by atomic mass is 79.9. The van der Waals surface area contributed by atoms with Crippen LogP contribution in [-0.4, -0.2) is 57.6 Å². The van der Waals surface area contributed by atoms with E-state index in [1.54, 1.807) is 16.9 Å². The number of rotatable bonds is 2. The zero-order chi connectivity index (χ0) is 19.5. The summed E-state index contributed by atoms with van der Waals surface area (Å²) in [6, 6.07) is 3.97. The molecule has 0 atom stereocenters. The molecular weight excluding hydrogens is 446 g/mol. The van der Waals surface area contributed by atoms with Crippen molar-refractivity contribution in [2.45, 2.75) is 0 Å². The number of halogens is 1. The van der Waals surface area contributed by atoms with Gasteiger partial charge in [0.2, 0.25) is 0 Å². The molecule has 11 heteroatoms. The molecule has 28 heavy (non-hydrogen) atoms. The molecule has 9 nitrogen and oxygen atoms in total. The first-order valence-electron chi connectivity index (χ1n) is 8.64. The number of H-pyrrole nitrogens is 1. The molecule has 0 unspecified atom stereocenters. The molecule has 0 amide bonds. The Kier molecular flexibility index (Phi) is 3.85. The molecule has 0 aliphatic carbocycles. The highest BCUT2D eigenvalue weighted by Gasteiger charge is 2.26. The highest BCUT2D eigenvalue weighted by Crippen LogP contribution is 2.34. The Balaban J connectivity index is 1.65. The zero-order valence-corrected chi connectivity index (χ0v) is 17.0. The zero-order valence-electron chi connectivity index (χ0n) is 14.6. The molecular formula is C17H16BrN7O2S. The van der Waals surface area contributed by atoms with Crippen molar-refractivity contribution in [1.29, 1.82) is 0 Å². The van der Waals surface area contributed by atoms with Crippen molar-refractivity contribution in [1.82, 2.24) is 24.6 Å². The van der Waals surface area contributed by atoms with Gasteiger partial charge in [0.15, 0.2) is 15.5 Å². The molecule has 5 rings (SSSR count). The number of nitrogens with one attached hydrogen (secondary N) is 1. The standard InChI is InChI=1S/C17H16BrN7O2S/c18-13-14(19)25-16(23-17(13)24-3-5-28(26,27)6-4-24)12(9-22-25)11-7-10-1-2-20-15(10)21-8-11/h1-2,7-9H,3-6,19H2,(H,20,21). The summed E-state index contributed by atoms with van der Waals surface area (Å²) in [4.78, 5) is 14.2. The molecule has 0 radical (unpaired) electrons. The molecule has 0 spiro atoms. The largest absolute Gasteiger partial charge is 0.383 e. The lowest BCUT2D eigenvalue weighted by molar-refractivity contribution is 0.586. The summed E-state index contributed by atoms with van der Waals surface area (Å²) < 4.78 is 25.7. The monoisotopic (exact) mass is 461 g/mol. The second-order valence-corrected chi connectivity index (χ2v) is 9.80. The second kappa shape index (κ2) is 6.17. The average Bonchev–Trinajstić information content (AvgIpc) is 3.31. The van der Waals surface area contributed by atoms with E-state index in [0.29, 0.717) is 34.8 Å². The Labute approximate surface area is 168 Å². The Morgan fingerprint density at radius 3 is 2.79 bits per heavy atom. The molecule has 1 fully saturated rings. The lowest BCUT2D eigenvalue weighted by atomic mass is 10.1. The Hall–Kier alpha value is -2.66. The van der Waals surface area contributed by atoms with E-state index in [4.69, 9.17) is 10.7 Å². The number of aromatic nitrogens is 5. The van der Waals surface area contributed by atoms with Crippen LogP contribution in [0.25, 0.3) is 27.8 Å². The number of sulfone groups is 1. The number of anilines is 2. The number of aromatic amines is 1. The molecule has 0 aromatic carbocycles. The van der Waals surface area contributed by atoms with Gasteiger partial charge in [-0.05, 0) is 28.1 Å². The molecule has 4 aromatic rings. The molecule has 144 valence electrons. The fourth-order valence-electron chi connectivity index (χ4n) is 3.41. The van der Waals surface area contributed by atoms with Crippen LogP contribution in [0.3, 0.4) is 0 Å². The molecule has 1 saturated heterocycles. The van der Waals surface area contributed by atoms with Gasteiger partial charge < -0.3 is 15.6 Å². The van der Waals surface area contributed by atoms with Crippen LogP contribution in [0, 0.1) is 0 Å². The summed E-state index contributed by atoms with van der Waals surface area (Å²) in [5.41, 5.74) is 9.39. The quantitative estimate of drug-likeness (QED) is 0.466. The van der Waals surface area contributed by atoms with Gasteiger partial charge in [-0.15, -0.1) is 0 Å². The first-order chi connectivity index (χ1) is 13.4. The van der Waals surface area contributed by atoms with E-state index in [1.807, 2.05) is 23.2 Å². The normalized spacial score (nSPS) is 16.8. The summed E-state index contributed by atoms with van der Waals surface area (Å²) in [7, 11) is -2.99. The van der Waals surface area contributed by atoms with Crippen molar-refractivity contribution in [3.63, 3.8) is 0 Å². The first-order valence-corrected chi connectivity index (χ1v) is 11.3. The Morgan fingerprint density at radius 2 is 2.00 bits per heavy atom. The van der Waals surface area contributed by atoms with Crippen molar-refractivity contribution in [2.75, 3.05) is 35.2 Å². The van der Waals surface area contributed by atoms with E-state index in [9.17, 15) is 8.42 Å². The van der Waals surface area contributed by atoms with Crippen molar-refractivity contribution in [3.05, 3.63) is 35.2 Å². The summed E-state index contributed by atoms with van der Waals surface area (Å²) in [5.74, 6) is 1.24. The third-order valence-electron chi connectivity index (χ3n) is 4.96. The molecule has 1 aliphatic rings. The summed E-state index contributed by atoms with van der Waals surface area (Å²) >= 11 is 3.50. The van der Waals surface area contributed by atoms with Crippen LogP contribution in [0.2, 0.25) is 0 Å². The lowest BCUT2D eigenvalue weighted by Crippen LogP contribution is -2.41. The minimum Gasteiger partial charge on any atom is -0.383 e. The first kappa shape index (κ1) is 17.4. The number of hydrogen-bond donors (Lipinski definition) is 2. The summed E-state index contributed by atoms with van der Waals surface area (Å²) in [6.45, 7) is 0.758. The van der Waals surface area contributed by atoms with Gasteiger partial charge in [-0.25, -0.2) is 18.4 Å². The van der Waals surface area contributed by atoms with E-state index < -0.39 is 9.84 Å². The predicted octanol–water partition coefficient (Wildman–Crippen LogP) is 1.85. The van der Waals surface area contributed by atoms with Crippen LogP contribution in [0.5, 0.6) is 0 Å². The predicted molar refractivity (Wildman–Crippen MR) is 111 cm³/mol. The van der Waals surface area contributed by atoms with Crippen molar-refractivity contribution < 1.29 is 8.42 Å².